The summed E-state index contributed by atoms with van der Waals surface area (Å²) in [5.41, 5.74) is 6.23. The Labute approximate surface area is 218 Å². The topological polar surface area (TPSA) is 117 Å². The standard InChI is InChI=1S/C25H30F2N6O3S/c1-15-24(2,13-35-4)37-23(28)33-25(15,12-26)18-9-16(5-6-19(18)27)32-22-21-20(30-14-31-22)10-17(11-29-21)36-8-7-34-3/h5-6,9-11,14-15H,7-8,12-13H2,1-4H3,(H2,28,33)(H,30,31,32)/t15-,24-,25+/m1/s1. The van der Waals surface area contributed by atoms with E-state index in [1.807, 2.05) is 13.8 Å². The van der Waals surface area contributed by atoms with Crippen molar-refractivity contribution >= 4 is 39.5 Å². The highest BCUT2D eigenvalue weighted by Gasteiger charge is 2.53. The number of hydrogen-bond acceptors (Lipinski definition) is 10. The zero-order valence-corrected chi connectivity index (χ0v) is 21.9. The van der Waals surface area contributed by atoms with E-state index in [1.165, 1.54) is 24.2 Å². The van der Waals surface area contributed by atoms with Crippen LogP contribution in [0.1, 0.15) is 19.4 Å². The number of alkyl halides is 1. The minimum absolute atomic E-state index is 0.0956. The maximum absolute atomic E-state index is 15.3. The predicted octanol–water partition coefficient (Wildman–Crippen LogP) is 4.20. The Hall–Kier alpha value is -3.09. The van der Waals surface area contributed by atoms with Gasteiger partial charge in [0.1, 0.15) is 42.2 Å². The summed E-state index contributed by atoms with van der Waals surface area (Å²) in [7, 11) is 3.16. The number of ether oxygens (including phenoxy) is 3. The molecule has 3 heterocycles. The van der Waals surface area contributed by atoms with Gasteiger partial charge in [0, 0.05) is 42.2 Å². The van der Waals surface area contributed by atoms with Crippen LogP contribution in [-0.2, 0) is 15.0 Å². The molecule has 0 fully saturated rings. The fourth-order valence-corrected chi connectivity index (χ4v) is 5.75. The number of hydrogen-bond donors (Lipinski definition) is 2. The lowest BCUT2D eigenvalue weighted by molar-refractivity contribution is 0.107. The fourth-order valence-electron chi connectivity index (χ4n) is 4.51. The van der Waals surface area contributed by atoms with Crippen molar-refractivity contribution in [1.82, 2.24) is 15.0 Å². The monoisotopic (exact) mass is 532 g/mol. The largest absolute Gasteiger partial charge is 0.489 e. The molecule has 1 aromatic carbocycles. The van der Waals surface area contributed by atoms with Crippen molar-refractivity contribution in [1.29, 1.82) is 0 Å². The van der Waals surface area contributed by atoms with Crippen LogP contribution in [0.15, 0.2) is 41.8 Å². The summed E-state index contributed by atoms with van der Waals surface area (Å²) in [6.45, 7) is 3.95. The summed E-state index contributed by atoms with van der Waals surface area (Å²) in [6, 6.07) is 6.11. The first-order valence-electron chi connectivity index (χ1n) is 11.6. The molecule has 3 aromatic rings. The zero-order valence-electron chi connectivity index (χ0n) is 21.1. The molecule has 3 N–H and O–H groups in total. The van der Waals surface area contributed by atoms with Gasteiger partial charge in [-0.15, -0.1) is 0 Å². The van der Waals surface area contributed by atoms with Crippen LogP contribution in [0.4, 0.5) is 20.3 Å². The normalized spacial score (nSPS) is 23.6. The molecule has 0 bridgehead atoms. The van der Waals surface area contributed by atoms with Crippen LogP contribution in [0.25, 0.3) is 11.0 Å². The number of nitrogens with two attached hydrogens (primary N) is 1. The molecule has 37 heavy (non-hydrogen) atoms. The Morgan fingerprint density at radius 3 is 2.68 bits per heavy atom. The fraction of sp³-hybridized carbons (Fsp3) is 0.440. The Bertz CT molecular complexity index is 1300. The molecule has 0 saturated carbocycles. The highest BCUT2D eigenvalue weighted by Crippen LogP contribution is 2.51. The van der Waals surface area contributed by atoms with Gasteiger partial charge < -0.3 is 25.3 Å². The van der Waals surface area contributed by atoms with Crippen molar-refractivity contribution in [3.63, 3.8) is 0 Å². The molecule has 2 aromatic heterocycles. The number of thioether (sulfide) groups is 1. The van der Waals surface area contributed by atoms with E-state index in [4.69, 9.17) is 19.9 Å². The van der Waals surface area contributed by atoms with Gasteiger partial charge in [0.15, 0.2) is 11.0 Å². The zero-order chi connectivity index (χ0) is 26.6. The SMILES string of the molecule is COCCOc1cnc2c(Nc3ccc(F)c([C@@]4(CF)N=C(N)S[C@](C)(COC)[C@H]4C)c3)ncnc2c1. The molecule has 9 nitrogen and oxygen atoms in total. The summed E-state index contributed by atoms with van der Waals surface area (Å²) >= 11 is 1.31. The second-order valence-corrected chi connectivity index (χ2v) is 10.6. The van der Waals surface area contributed by atoms with E-state index < -0.39 is 28.7 Å². The first kappa shape index (κ1) is 27.0. The Balaban J connectivity index is 1.70. The number of rotatable bonds is 10. The highest BCUT2D eigenvalue weighted by atomic mass is 32.2. The molecule has 0 amide bonds. The van der Waals surface area contributed by atoms with Crippen molar-refractivity contribution in [3.05, 3.63) is 48.2 Å². The van der Waals surface area contributed by atoms with Crippen molar-refractivity contribution in [2.45, 2.75) is 24.1 Å². The average molecular weight is 533 g/mol. The molecule has 4 rings (SSSR count). The van der Waals surface area contributed by atoms with Gasteiger partial charge in [-0.25, -0.2) is 28.7 Å². The summed E-state index contributed by atoms with van der Waals surface area (Å²) in [5, 5.41) is 3.35. The molecule has 0 spiro atoms. The molecule has 12 heteroatoms. The summed E-state index contributed by atoms with van der Waals surface area (Å²) in [5.74, 6) is -0.0754. The van der Waals surface area contributed by atoms with Gasteiger partial charge in [-0.3, -0.25) is 0 Å². The first-order valence-corrected chi connectivity index (χ1v) is 12.5. The quantitative estimate of drug-likeness (QED) is 0.371. The van der Waals surface area contributed by atoms with E-state index in [2.05, 4.69) is 25.3 Å². The molecule has 0 saturated heterocycles. The van der Waals surface area contributed by atoms with Crippen LogP contribution in [0.2, 0.25) is 0 Å². The summed E-state index contributed by atoms with van der Waals surface area (Å²) in [4.78, 5) is 17.5. The molecule has 0 unspecified atom stereocenters. The van der Waals surface area contributed by atoms with Gasteiger partial charge in [-0.2, -0.15) is 0 Å². The van der Waals surface area contributed by atoms with Crippen molar-refractivity contribution in [2.75, 3.05) is 46.0 Å². The molecule has 0 radical (unpaired) electrons. The van der Waals surface area contributed by atoms with E-state index in [0.717, 1.165) is 0 Å². The number of nitrogens with zero attached hydrogens (tertiary/aromatic N) is 4. The minimum Gasteiger partial charge on any atom is -0.489 e. The maximum Gasteiger partial charge on any atom is 0.160 e. The third-order valence-electron chi connectivity index (χ3n) is 6.62. The third-order valence-corrected chi connectivity index (χ3v) is 7.85. The van der Waals surface area contributed by atoms with Crippen LogP contribution < -0.4 is 15.8 Å². The van der Waals surface area contributed by atoms with Gasteiger partial charge in [0.05, 0.1) is 24.9 Å². The molecule has 3 atom stereocenters. The Morgan fingerprint density at radius 1 is 1.14 bits per heavy atom. The Kier molecular flexibility index (Phi) is 8.10. The summed E-state index contributed by atoms with van der Waals surface area (Å²) in [6.07, 6.45) is 2.95. The number of methoxy groups -OCH3 is 2. The number of aromatic nitrogens is 3. The second-order valence-electron chi connectivity index (χ2n) is 9.00. The van der Waals surface area contributed by atoms with Crippen LogP contribution in [-0.4, -0.2) is 65.6 Å². The molecular formula is C25H30F2N6O3S. The van der Waals surface area contributed by atoms with Gasteiger partial charge in [0.2, 0.25) is 0 Å². The lowest BCUT2D eigenvalue weighted by Gasteiger charge is -2.47. The number of anilines is 2. The van der Waals surface area contributed by atoms with E-state index in [1.54, 1.807) is 38.6 Å². The number of nitrogens with one attached hydrogen (secondary N) is 1. The van der Waals surface area contributed by atoms with Crippen molar-refractivity contribution < 1.29 is 23.0 Å². The minimum atomic E-state index is -1.52. The van der Waals surface area contributed by atoms with Crippen molar-refractivity contribution in [2.24, 2.45) is 16.6 Å². The number of halogens is 2. The van der Waals surface area contributed by atoms with Crippen LogP contribution in [0.5, 0.6) is 5.75 Å². The van der Waals surface area contributed by atoms with Gasteiger partial charge in [0.25, 0.3) is 0 Å². The van der Waals surface area contributed by atoms with Crippen LogP contribution >= 0.6 is 11.8 Å². The molecular weight excluding hydrogens is 502 g/mol. The van der Waals surface area contributed by atoms with Gasteiger partial charge in [-0.1, -0.05) is 18.7 Å². The van der Waals surface area contributed by atoms with Crippen LogP contribution in [0.3, 0.4) is 0 Å². The van der Waals surface area contributed by atoms with E-state index in [-0.39, 0.29) is 10.7 Å². The smallest absolute Gasteiger partial charge is 0.160 e. The van der Waals surface area contributed by atoms with E-state index in [0.29, 0.717) is 48.1 Å². The molecule has 1 aliphatic heterocycles. The average Bonchev–Trinajstić information content (AvgIpc) is 2.88. The summed E-state index contributed by atoms with van der Waals surface area (Å²) < 4.78 is 45.5. The predicted molar refractivity (Wildman–Crippen MR) is 141 cm³/mol. The Morgan fingerprint density at radius 2 is 1.95 bits per heavy atom. The highest BCUT2D eigenvalue weighted by molar-refractivity contribution is 8.15. The van der Waals surface area contributed by atoms with Crippen LogP contribution in [0, 0.1) is 11.7 Å². The number of fused-ring (bicyclic) bond motifs is 1. The molecule has 198 valence electrons. The molecule has 1 aliphatic rings. The number of pyridine rings is 1. The third kappa shape index (κ3) is 5.32. The van der Waals surface area contributed by atoms with Crippen molar-refractivity contribution in [3.8, 4) is 5.75 Å². The van der Waals surface area contributed by atoms with Gasteiger partial charge >= 0.3 is 0 Å². The lowest BCUT2D eigenvalue weighted by atomic mass is 9.73. The number of amidine groups is 1. The lowest BCUT2D eigenvalue weighted by Crippen LogP contribution is -2.53. The molecule has 0 aliphatic carbocycles. The second kappa shape index (κ2) is 11.1. The van der Waals surface area contributed by atoms with Gasteiger partial charge in [-0.05, 0) is 25.1 Å². The van der Waals surface area contributed by atoms with E-state index in [9.17, 15) is 4.39 Å². The first-order chi connectivity index (χ1) is 17.8. The van der Waals surface area contributed by atoms with E-state index >= 15 is 4.39 Å². The number of benzene rings is 1. The maximum atomic E-state index is 15.3. The number of aliphatic imine (C=N–C) groups is 1.